The number of allylic oxidation sites excluding steroid dienone is 7. The van der Waals surface area contributed by atoms with E-state index in [0.29, 0.717) is 19.4 Å². The van der Waals surface area contributed by atoms with Gasteiger partial charge in [0.1, 0.15) is 0 Å². The Kier molecular flexibility index (Phi) is 66.4. The molecular formula is C73H137NO5. The topological polar surface area (TPSA) is 95.9 Å². The van der Waals surface area contributed by atoms with Crippen molar-refractivity contribution >= 4 is 11.9 Å². The number of rotatable bonds is 66. The molecule has 0 rings (SSSR count). The van der Waals surface area contributed by atoms with Crippen LogP contribution in [0.4, 0.5) is 0 Å². The van der Waals surface area contributed by atoms with E-state index < -0.39 is 12.1 Å². The fraction of sp³-hybridized carbons (Fsp3) is 0.863. The van der Waals surface area contributed by atoms with Crippen molar-refractivity contribution in [2.24, 2.45) is 0 Å². The van der Waals surface area contributed by atoms with Crippen molar-refractivity contribution in [2.75, 3.05) is 13.2 Å². The molecule has 1 amide bonds. The maximum Gasteiger partial charge on any atom is 0.305 e. The number of unbranched alkanes of at least 4 members (excludes halogenated alkanes) is 49. The Morgan fingerprint density at radius 3 is 0.975 bits per heavy atom. The molecule has 464 valence electrons. The van der Waals surface area contributed by atoms with E-state index in [4.69, 9.17) is 4.74 Å². The summed E-state index contributed by atoms with van der Waals surface area (Å²) in [5.74, 6) is -0.0659. The van der Waals surface area contributed by atoms with Gasteiger partial charge in [-0.2, -0.15) is 0 Å². The van der Waals surface area contributed by atoms with Gasteiger partial charge in [-0.3, -0.25) is 9.59 Å². The van der Waals surface area contributed by atoms with E-state index in [1.165, 1.54) is 302 Å². The molecule has 6 nitrogen and oxygen atoms in total. The van der Waals surface area contributed by atoms with Crippen molar-refractivity contribution in [1.82, 2.24) is 5.32 Å². The molecule has 0 radical (unpaired) electrons. The zero-order valence-electron chi connectivity index (χ0n) is 53.1. The van der Waals surface area contributed by atoms with Gasteiger partial charge in [0.25, 0.3) is 0 Å². The number of hydrogen-bond donors (Lipinski definition) is 3. The summed E-state index contributed by atoms with van der Waals surface area (Å²) in [7, 11) is 0. The Bertz CT molecular complexity index is 1320. The number of ether oxygens (including phenoxy) is 1. The summed E-state index contributed by atoms with van der Waals surface area (Å²) in [5.41, 5.74) is 0. The van der Waals surface area contributed by atoms with Crippen molar-refractivity contribution in [3.05, 3.63) is 48.6 Å². The highest BCUT2D eigenvalue weighted by Gasteiger charge is 2.18. The van der Waals surface area contributed by atoms with E-state index >= 15 is 0 Å². The molecule has 2 atom stereocenters. The SMILES string of the molecule is CCCCCCCC/C=C\CCCCCCCCCC(=O)OCCCCCCCCCCC/C=C\C/C=C\CCCCCCCCCCCC(=O)NC(CO)C(O)/C=C/CCCCCCCCCCCCCCCCCCCC. The van der Waals surface area contributed by atoms with Crippen LogP contribution in [0, 0.1) is 0 Å². The average Bonchev–Trinajstić information content (AvgIpc) is 3.45. The molecule has 0 saturated carbocycles. The molecule has 0 aliphatic heterocycles. The lowest BCUT2D eigenvalue weighted by Gasteiger charge is -2.20. The van der Waals surface area contributed by atoms with Crippen LogP contribution in [0.25, 0.3) is 0 Å². The van der Waals surface area contributed by atoms with Crippen LogP contribution in [-0.2, 0) is 14.3 Å². The van der Waals surface area contributed by atoms with Gasteiger partial charge in [0.15, 0.2) is 0 Å². The minimum atomic E-state index is -0.850. The number of carbonyl (C=O) groups is 2. The number of nitrogens with one attached hydrogen (secondary N) is 1. The Balaban J connectivity index is 3.45. The smallest absolute Gasteiger partial charge is 0.305 e. The standard InChI is InChI=1S/C73H137NO5/c1-3-5-7-9-11-13-15-17-19-21-22-30-34-37-41-45-49-53-57-61-65-71(76)70(69-75)74-72(77)66-62-58-54-50-46-42-38-35-31-28-26-24-23-25-27-29-32-36-40-44-48-52-56-60-64-68-79-73(78)67-63-59-55-51-47-43-39-33-20-18-16-14-12-10-8-6-4-2/h18,20,24-27,61,65,70-71,75-76H,3-17,19,21-23,28-60,62-64,66-69H2,1-2H3,(H,74,77)/b20-18-,26-24-,27-25-,65-61+. The van der Waals surface area contributed by atoms with Crippen LogP contribution in [0.2, 0.25) is 0 Å². The number of aliphatic hydroxyl groups excluding tert-OH is 2. The first-order chi connectivity index (χ1) is 39.0. The molecule has 0 saturated heterocycles. The fourth-order valence-corrected chi connectivity index (χ4v) is 10.9. The van der Waals surface area contributed by atoms with Crippen LogP contribution in [0.15, 0.2) is 48.6 Å². The number of carbonyl (C=O) groups excluding carboxylic acids is 2. The second-order valence-corrected chi connectivity index (χ2v) is 24.2. The zero-order chi connectivity index (χ0) is 57.1. The van der Waals surface area contributed by atoms with Gasteiger partial charge in [-0.15, -0.1) is 0 Å². The largest absolute Gasteiger partial charge is 0.466 e. The molecule has 79 heavy (non-hydrogen) atoms. The Hall–Kier alpha value is -2.18. The summed E-state index contributed by atoms with van der Waals surface area (Å²) >= 11 is 0. The molecule has 3 N–H and O–H groups in total. The van der Waals surface area contributed by atoms with Crippen molar-refractivity contribution in [1.29, 1.82) is 0 Å². The van der Waals surface area contributed by atoms with Gasteiger partial charge in [0.05, 0.1) is 25.4 Å². The molecule has 0 aliphatic carbocycles. The van der Waals surface area contributed by atoms with Crippen LogP contribution < -0.4 is 5.32 Å². The van der Waals surface area contributed by atoms with Crippen molar-refractivity contribution in [2.45, 2.75) is 392 Å². The molecule has 0 aromatic rings. The summed E-state index contributed by atoms with van der Waals surface area (Å²) < 4.78 is 5.49. The molecule has 0 fully saturated rings. The molecular weight excluding hydrogens is 971 g/mol. The van der Waals surface area contributed by atoms with Crippen LogP contribution in [0.5, 0.6) is 0 Å². The number of amides is 1. The number of aliphatic hydroxyl groups is 2. The first-order valence-corrected chi connectivity index (χ1v) is 35.4. The van der Waals surface area contributed by atoms with Gasteiger partial charge in [0, 0.05) is 12.8 Å². The maximum atomic E-state index is 12.5. The van der Waals surface area contributed by atoms with Crippen molar-refractivity contribution in [3.8, 4) is 0 Å². The highest BCUT2D eigenvalue weighted by atomic mass is 16.5. The number of esters is 1. The van der Waals surface area contributed by atoms with E-state index in [-0.39, 0.29) is 18.5 Å². The third-order valence-electron chi connectivity index (χ3n) is 16.3. The second kappa shape index (κ2) is 68.3. The van der Waals surface area contributed by atoms with Gasteiger partial charge in [-0.05, 0) is 89.9 Å². The Labute approximate surface area is 493 Å². The lowest BCUT2D eigenvalue weighted by molar-refractivity contribution is -0.143. The molecule has 0 aromatic carbocycles. The second-order valence-electron chi connectivity index (χ2n) is 24.2. The normalized spacial score (nSPS) is 12.8. The molecule has 0 spiro atoms. The summed E-state index contributed by atoms with van der Waals surface area (Å²) in [6, 6.07) is -0.634. The van der Waals surface area contributed by atoms with Gasteiger partial charge < -0.3 is 20.3 Å². The van der Waals surface area contributed by atoms with Crippen LogP contribution in [0.3, 0.4) is 0 Å². The van der Waals surface area contributed by atoms with Crippen molar-refractivity contribution in [3.63, 3.8) is 0 Å². The highest BCUT2D eigenvalue weighted by molar-refractivity contribution is 5.76. The first-order valence-electron chi connectivity index (χ1n) is 35.4. The summed E-state index contributed by atoms with van der Waals surface area (Å²) in [4.78, 5) is 24.6. The summed E-state index contributed by atoms with van der Waals surface area (Å²) in [5, 5.41) is 23.2. The lowest BCUT2D eigenvalue weighted by Crippen LogP contribution is -2.45. The fourth-order valence-electron chi connectivity index (χ4n) is 10.9. The average molecular weight is 1110 g/mol. The Morgan fingerprint density at radius 2 is 0.633 bits per heavy atom. The van der Waals surface area contributed by atoms with E-state index in [1.807, 2.05) is 6.08 Å². The monoisotopic (exact) mass is 1110 g/mol. The zero-order valence-corrected chi connectivity index (χ0v) is 53.1. The van der Waals surface area contributed by atoms with E-state index in [0.717, 1.165) is 51.4 Å². The predicted octanol–water partition coefficient (Wildman–Crippen LogP) is 22.9. The molecule has 0 aliphatic rings. The first kappa shape index (κ1) is 76.8. The van der Waals surface area contributed by atoms with E-state index in [9.17, 15) is 19.8 Å². The van der Waals surface area contributed by atoms with Gasteiger partial charge in [-0.25, -0.2) is 0 Å². The van der Waals surface area contributed by atoms with Gasteiger partial charge in [0.2, 0.25) is 5.91 Å². The van der Waals surface area contributed by atoms with Gasteiger partial charge >= 0.3 is 5.97 Å². The number of hydrogen-bond acceptors (Lipinski definition) is 5. The van der Waals surface area contributed by atoms with Gasteiger partial charge in [-0.1, -0.05) is 326 Å². The third-order valence-corrected chi connectivity index (χ3v) is 16.3. The van der Waals surface area contributed by atoms with E-state index in [2.05, 4.69) is 55.6 Å². The molecule has 2 unspecified atom stereocenters. The quantitative estimate of drug-likeness (QED) is 0.0320. The van der Waals surface area contributed by atoms with E-state index in [1.54, 1.807) is 6.08 Å². The van der Waals surface area contributed by atoms with Crippen LogP contribution >= 0.6 is 0 Å². The predicted molar refractivity (Wildman–Crippen MR) is 347 cm³/mol. The Morgan fingerprint density at radius 1 is 0.354 bits per heavy atom. The highest BCUT2D eigenvalue weighted by Crippen LogP contribution is 2.18. The van der Waals surface area contributed by atoms with Crippen LogP contribution in [0.1, 0.15) is 380 Å². The summed E-state index contributed by atoms with van der Waals surface area (Å²) in [6.45, 7) is 4.92. The minimum absolute atomic E-state index is 0.00547. The third kappa shape index (κ3) is 64.8. The molecule has 6 heteroatoms. The van der Waals surface area contributed by atoms with Crippen LogP contribution in [-0.4, -0.2) is 47.4 Å². The summed E-state index contributed by atoms with van der Waals surface area (Å²) in [6.07, 6.45) is 89.0. The minimum Gasteiger partial charge on any atom is -0.466 e. The molecule has 0 heterocycles. The molecule has 0 bridgehead atoms. The lowest BCUT2D eigenvalue weighted by atomic mass is 10.0. The molecule has 0 aromatic heterocycles. The van der Waals surface area contributed by atoms with Crippen molar-refractivity contribution < 1.29 is 24.5 Å². The maximum absolute atomic E-state index is 12.5.